The second kappa shape index (κ2) is 20.0. The van der Waals surface area contributed by atoms with Crippen LogP contribution in [0.15, 0.2) is 267 Å². The van der Waals surface area contributed by atoms with Crippen molar-refractivity contribution in [2.75, 3.05) is 9.80 Å². The van der Waals surface area contributed by atoms with Crippen LogP contribution >= 0.6 is 0 Å². The van der Waals surface area contributed by atoms with E-state index in [1.54, 1.807) is 24.3 Å². The van der Waals surface area contributed by atoms with Gasteiger partial charge in [0.1, 0.15) is 0 Å². The predicted octanol–water partition coefficient (Wildman–Crippen LogP) is 18.3. The van der Waals surface area contributed by atoms with E-state index >= 15 is 26.3 Å². The van der Waals surface area contributed by atoms with Crippen molar-refractivity contribution in [3.8, 4) is 39.9 Å². The largest absolute Gasteiger partial charge is 0.411 e. The van der Waals surface area contributed by atoms with Gasteiger partial charge >= 0.3 is 12.4 Å². The molecule has 0 aliphatic rings. The quantitative estimate of drug-likeness (QED) is 0.114. The molecule has 0 bridgehead atoms. The molecule has 0 unspecified atom stereocenters. The normalized spacial score (nSPS) is 12.0. The van der Waals surface area contributed by atoms with E-state index < -0.39 is 28.9 Å². The Balaban J connectivity index is 1.00. The van der Waals surface area contributed by atoms with Gasteiger partial charge in [-0.1, -0.05) is 170 Å². The van der Waals surface area contributed by atoms with E-state index in [-0.39, 0.29) is 23.0 Å². The Hall–Kier alpha value is -9.81. The van der Waals surface area contributed by atoms with Gasteiger partial charge in [0.25, 0.3) is 0 Å². The number of anilines is 6. The molecule has 0 fully saturated rings. The number of para-hydroxylation sites is 4. The first kappa shape index (κ1) is 49.1. The maximum Gasteiger partial charge on any atom is 0.411 e. The molecule has 2 aromatic heterocycles. The van der Waals surface area contributed by atoms with Crippen LogP contribution in [0.3, 0.4) is 0 Å². The first-order chi connectivity index (χ1) is 38.0. The highest BCUT2D eigenvalue weighted by molar-refractivity contribution is 6.12. The molecule has 78 heavy (non-hydrogen) atoms. The van der Waals surface area contributed by atoms with Crippen molar-refractivity contribution in [3.63, 3.8) is 0 Å². The number of fused-ring (bicyclic) bond motifs is 3. The molecule has 2 heterocycles. The van der Waals surface area contributed by atoms with Crippen LogP contribution in [0.2, 0.25) is 0 Å². The number of aromatic nitrogens is 4. The summed E-state index contributed by atoms with van der Waals surface area (Å²) in [4.78, 5) is 18.2. The number of hydrogen-bond donors (Lipinski definition) is 0. The first-order valence-electron chi connectivity index (χ1n) is 25.1. The molecule has 0 aliphatic heterocycles. The molecule has 0 radical (unpaired) electrons. The van der Waals surface area contributed by atoms with Crippen LogP contribution in [-0.4, -0.2) is 31.9 Å². The summed E-state index contributed by atoms with van der Waals surface area (Å²) in [5, 5.41) is 1.60. The van der Waals surface area contributed by atoms with Crippen LogP contribution in [0.1, 0.15) is 11.1 Å². The number of nitrogens with zero attached hydrogens (tertiary/aromatic N) is 6. The van der Waals surface area contributed by atoms with Crippen molar-refractivity contribution < 1.29 is 26.3 Å². The summed E-state index contributed by atoms with van der Waals surface area (Å²) in [6.07, 6.45) is -11.7. The zero-order valence-electron chi connectivity index (χ0n) is 41.4. The average Bonchev–Trinajstić information content (AvgIpc) is 3.99. The summed E-state index contributed by atoms with van der Waals surface area (Å²) in [6, 6.07) is 78.4. The van der Waals surface area contributed by atoms with Crippen molar-refractivity contribution in [2.24, 2.45) is 0 Å². The van der Waals surface area contributed by atoms with E-state index in [1.165, 1.54) is 24.3 Å². The summed E-state index contributed by atoms with van der Waals surface area (Å²) in [5.41, 5.74) is 2.10. The van der Waals surface area contributed by atoms with E-state index in [9.17, 15) is 0 Å². The van der Waals surface area contributed by atoms with Gasteiger partial charge in [-0.15, -0.1) is 0 Å². The van der Waals surface area contributed by atoms with Gasteiger partial charge in [-0.3, -0.25) is 0 Å². The Labute approximate surface area is 445 Å². The molecular formula is C66H44F6N6. The number of halogens is 6. The van der Waals surface area contributed by atoms with Gasteiger partial charge in [-0.05, 0) is 108 Å². The summed E-state index contributed by atoms with van der Waals surface area (Å²) in [5.74, 6) is 0.653. The minimum atomic E-state index is -5.84. The number of rotatable bonds is 12. The van der Waals surface area contributed by atoms with Crippen molar-refractivity contribution in [3.05, 3.63) is 278 Å². The van der Waals surface area contributed by atoms with Gasteiger partial charge in [0.15, 0.2) is 17.5 Å². The maximum absolute atomic E-state index is 15.9. The molecule has 0 amide bonds. The smallest absolute Gasteiger partial charge is 0.310 e. The fourth-order valence-electron chi connectivity index (χ4n) is 10.4. The van der Waals surface area contributed by atoms with Crippen LogP contribution in [0.25, 0.3) is 61.7 Å². The fraction of sp³-hybridized carbons (Fsp3) is 0.0455. The molecule has 12 aromatic rings. The highest BCUT2D eigenvalue weighted by Crippen LogP contribution is 2.56. The molecular weight excluding hydrogens is 991 g/mol. The summed E-state index contributed by atoms with van der Waals surface area (Å²) in [7, 11) is 0. The lowest BCUT2D eigenvalue weighted by Gasteiger charge is -2.38. The van der Waals surface area contributed by atoms with Gasteiger partial charge in [-0.25, -0.2) is 15.0 Å². The Morgan fingerprint density at radius 2 is 0.590 bits per heavy atom. The SMILES string of the molecule is FC(F)(F)C(c1ccc(-c2nc(-c3ccccc3)nc(-c3ccccc3)n2)cc1)(c1ccc(-n2c3ccc(N(c4ccccc4)c4ccccc4)cc3c3cc(N(c4ccccc4)c4ccccc4)ccc32)cc1)C(F)(F)F. The van der Waals surface area contributed by atoms with Gasteiger partial charge in [0, 0.05) is 67.3 Å². The third-order valence-corrected chi connectivity index (χ3v) is 14.0. The van der Waals surface area contributed by atoms with Crippen molar-refractivity contribution in [1.82, 2.24) is 19.5 Å². The monoisotopic (exact) mass is 1030 g/mol. The van der Waals surface area contributed by atoms with Crippen molar-refractivity contribution in [2.45, 2.75) is 17.8 Å². The first-order valence-corrected chi connectivity index (χ1v) is 25.1. The zero-order valence-corrected chi connectivity index (χ0v) is 41.4. The lowest BCUT2D eigenvalue weighted by atomic mass is 9.72. The minimum Gasteiger partial charge on any atom is -0.310 e. The predicted molar refractivity (Wildman–Crippen MR) is 299 cm³/mol. The molecule has 0 aliphatic carbocycles. The maximum atomic E-state index is 15.9. The molecule has 6 nitrogen and oxygen atoms in total. The molecule has 12 rings (SSSR count). The molecule has 0 N–H and O–H groups in total. The third kappa shape index (κ3) is 8.86. The fourth-order valence-corrected chi connectivity index (χ4v) is 10.4. The van der Waals surface area contributed by atoms with Crippen LogP contribution in [-0.2, 0) is 5.41 Å². The van der Waals surface area contributed by atoms with Gasteiger partial charge in [0.2, 0.25) is 5.41 Å². The van der Waals surface area contributed by atoms with Gasteiger partial charge < -0.3 is 14.4 Å². The highest BCUT2D eigenvalue weighted by atomic mass is 19.4. The second-order valence-electron chi connectivity index (χ2n) is 18.7. The number of alkyl halides is 6. The Morgan fingerprint density at radius 3 is 0.910 bits per heavy atom. The van der Waals surface area contributed by atoms with E-state index in [2.05, 4.69) is 36.9 Å². The average molecular weight is 1040 g/mol. The number of hydrogen-bond acceptors (Lipinski definition) is 5. The molecule has 10 aromatic carbocycles. The molecule has 380 valence electrons. The van der Waals surface area contributed by atoms with Crippen LogP contribution in [0.5, 0.6) is 0 Å². The van der Waals surface area contributed by atoms with Crippen molar-refractivity contribution >= 4 is 55.9 Å². The van der Waals surface area contributed by atoms with E-state index in [4.69, 9.17) is 0 Å². The summed E-state index contributed by atoms with van der Waals surface area (Å²) < 4.78 is 97.1. The standard InChI is InChI=1S/C66H44F6N6/c67-65(68,69)64(66(70,71)72,48-33-31-47(32-34-48)63-74-61(45-19-7-1-8-20-45)73-62(75-63)46-21-9-2-10-22-46)49-35-37-54(38-36-49)78-59-41-39-55(76(50-23-11-3-12-24-50)51-25-13-4-14-26-51)43-57(59)58-44-56(40-42-60(58)78)77(52-27-15-5-16-28-52)53-29-17-6-18-30-53/h1-44H. The van der Waals surface area contributed by atoms with Gasteiger partial charge in [-0.2, -0.15) is 26.3 Å². The summed E-state index contributed by atoms with van der Waals surface area (Å²) >= 11 is 0. The zero-order chi connectivity index (χ0) is 53.4. The lowest BCUT2D eigenvalue weighted by molar-refractivity contribution is -0.288. The van der Waals surface area contributed by atoms with Gasteiger partial charge in [0.05, 0.1) is 11.0 Å². The topological polar surface area (TPSA) is 50.1 Å². The van der Waals surface area contributed by atoms with Crippen LogP contribution < -0.4 is 9.80 Å². The molecule has 0 atom stereocenters. The molecule has 0 saturated heterocycles. The van der Waals surface area contributed by atoms with E-state index in [1.807, 2.05) is 187 Å². The van der Waals surface area contributed by atoms with Crippen LogP contribution in [0.4, 0.5) is 60.5 Å². The van der Waals surface area contributed by atoms with Crippen LogP contribution in [0, 0.1) is 0 Å². The van der Waals surface area contributed by atoms with E-state index in [0.717, 1.165) is 69.2 Å². The second-order valence-corrected chi connectivity index (χ2v) is 18.7. The minimum absolute atomic E-state index is 0.0781. The molecule has 0 saturated carbocycles. The lowest BCUT2D eigenvalue weighted by Crippen LogP contribution is -2.54. The van der Waals surface area contributed by atoms with Crippen molar-refractivity contribution in [1.29, 1.82) is 0 Å². The Kier molecular flexibility index (Phi) is 12.6. The highest BCUT2D eigenvalue weighted by Gasteiger charge is 2.72. The molecule has 0 spiro atoms. The third-order valence-electron chi connectivity index (χ3n) is 14.0. The summed E-state index contributed by atoms with van der Waals surface area (Å²) in [6.45, 7) is 0. The Morgan fingerprint density at radius 1 is 0.295 bits per heavy atom. The molecule has 12 heteroatoms. The van der Waals surface area contributed by atoms with E-state index in [0.29, 0.717) is 27.8 Å². The Bertz CT molecular complexity index is 3740. The number of benzene rings is 10.